The smallest absolute Gasteiger partial charge is 0.213 e. The van der Waals surface area contributed by atoms with E-state index in [1.807, 2.05) is 12.3 Å². The normalized spacial score (nSPS) is 10.5. The molecule has 0 aliphatic rings. The van der Waals surface area contributed by atoms with E-state index in [9.17, 15) is 4.79 Å². The lowest BCUT2D eigenvalue weighted by Crippen LogP contribution is -2.05. The summed E-state index contributed by atoms with van der Waals surface area (Å²) in [5.74, 6) is 0. The van der Waals surface area contributed by atoms with Crippen LogP contribution in [0.4, 0.5) is 0 Å². The maximum atomic E-state index is 10.1. The highest BCUT2D eigenvalue weighted by Crippen LogP contribution is 2.02. The van der Waals surface area contributed by atoms with Gasteiger partial charge in [-0.2, -0.15) is 0 Å². The van der Waals surface area contributed by atoms with Gasteiger partial charge in [-0.3, -0.25) is 4.79 Å². The number of allylic oxidation sites excluding steroid dienone is 1. The zero-order valence-electron chi connectivity index (χ0n) is 8.12. The molecule has 0 spiro atoms. The molecule has 0 N–H and O–H groups in total. The molecule has 0 saturated heterocycles. The third kappa shape index (κ3) is 7.32. The molecule has 0 aliphatic carbocycles. The van der Waals surface area contributed by atoms with E-state index in [-0.39, 0.29) is 0 Å². The quantitative estimate of drug-likeness (QED) is 0.423. The number of carbonyl (C=O) groups is 1. The lowest BCUT2D eigenvalue weighted by molar-refractivity contribution is -0.115. The summed E-state index contributed by atoms with van der Waals surface area (Å²) in [5.41, 5.74) is 0. The molecular weight excluding hydrogens is 150 g/mol. The molecule has 0 fully saturated rings. The average Bonchev–Trinajstić information content (AvgIpc) is 2.10. The first-order chi connectivity index (χ1) is 5.81. The van der Waals surface area contributed by atoms with Gasteiger partial charge in [0.2, 0.25) is 6.41 Å². The van der Waals surface area contributed by atoms with E-state index < -0.39 is 0 Å². The molecule has 0 aromatic rings. The highest BCUT2D eigenvalue weighted by Gasteiger charge is 1.85. The van der Waals surface area contributed by atoms with Gasteiger partial charge in [0.1, 0.15) is 0 Å². The van der Waals surface area contributed by atoms with Crippen LogP contribution in [0.5, 0.6) is 0 Å². The van der Waals surface area contributed by atoms with Gasteiger partial charge in [-0.1, -0.05) is 32.3 Å². The Balaban J connectivity index is 3.18. The van der Waals surface area contributed by atoms with Crippen molar-refractivity contribution in [3.63, 3.8) is 0 Å². The second-order valence-electron chi connectivity index (χ2n) is 3.00. The van der Waals surface area contributed by atoms with E-state index >= 15 is 0 Å². The van der Waals surface area contributed by atoms with Crippen molar-refractivity contribution in [2.24, 2.45) is 0 Å². The van der Waals surface area contributed by atoms with Crippen LogP contribution in [0.2, 0.25) is 0 Å². The molecule has 0 aromatic carbocycles. The summed E-state index contributed by atoms with van der Waals surface area (Å²) < 4.78 is 0. The van der Waals surface area contributed by atoms with Gasteiger partial charge >= 0.3 is 0 Å². The first kappa shape index (κ1) is 11.2. The predicted octanol–water partition coefficient (Wildman–Crippen LogP) is 2.56. The van der Waals surface area contributed by atoms with Crippen LogP contribution in [-0.4, -0.2) is 18.4 Å². The van der Waals surface area contributed by atoms with E-state index in [1.165, 1.54) is 30.6 Å². The first-order valence-corrected chi connectivity index (χ1v) is 4.65. The summed E-state index contributed by atoms with van der Waals surface area (Å²) in [4.78, 5) is 11.7. The fraction of sp³-hybridized carbons (Fsp3) is 0.700. The molecule has 1 amide bonds. The lowest BCUT2D eigenvalue weighted by Gasteiger charge is -2.00. The Bertz CT molecular complexity index is 132. The van der Waals surface area contributed by atoms with E-state index in [0.717, 1.165) is 12.8 Å². The standard InChI is InChI=1S/C10H19NO/c1-3-4-5-6-7-8-9-11(2)10-12/h8-10H,3-7H2,1-2H3/b9-8+. The zero-order chi connectivity index (χ0) is 9.23. The molecule has 0 aliphatic heterocycles. The van der Waals surface area contributed by atoms with Gasteiger partial charge in [-0.25, -0.2) is 0 Å². The Morgan fingerprint density at radius 1 is 1.25 bits per heavy atom. The lowest BCUT2D eigenvalue weighted by atomic mass is 10.1. The van der Waals surface area contributed by atoms with E-state index in [2.05, 4.69) is 6.92 Å². The van der Waals surface area contributed by atoms with Crippen LogP contribution in [0.25, 0.3) is 0 Å². The van der Waals surface area contributed by atoms with Crippen molar-refractivity contribution in [3.05, 3.63) is 12.3 Å². The largest absolute Gasteiger partial charge is 0.325 e. The van der Waals surface area contributed by atoms with Crippen molar-refractivity contribution in [2.45, 2.75) is 39.0 Å². The van der Waals surface area contributed by atoms with Gasteiger partial charge in [0.15, 0.2) is 0 Å². The van der Waals surface area contributed by atoms with E-state index in [1.54, 1.807) is 7.05 Å². The van der Waals surface area contributed by atoms with Crippen LogP contribution >= 0.6 is 0 Å². The molecule has 0 aromatic heterocycles. The number of carbonyl (C=O) groups excluding carboxylic acids is 1. The summed E-state index contributed by atoms with van der Waals surface area (Å²) in [6.45, 7) is 2.20. The Morgan fingerprint density at radius 2 is 2.00 bits per heavy atom. The summed E-state index contributed by atoms with van der Waals surface area (Å²) >= 11 is 0. The Morgan fingerprint density at radius 3 is 2.58 bits per heavy atom. The molecule has 2 heteroatoms. The minimum atomic E-state index is 0.808. The van der Waals surface area contributed by atoms with Gasteiger partial charge in [0, 0.05) is 13.2 Å². The molecule has 12 heavy (non-hydrogen) atoms. The fourth-order valence-electron chi connectivity index (χ4n) is 0.965. The summed E-state index contributed by atoms with van der Waals surface area (Å²) in [7, 11) is 1.75. The summed E-state index contributed by atoms with van der Waals surface area (Å²) in [5, 5.41) is 0. The average molecular weight is 169 g/mol. The van der Waals surface area contributed by atoms with E-state index in [0.29, 0.717) is 0 Å². The summed E-state index contributed by atoms with van der Waals surface area (Å²) in [6.07, 6.45) is 10.9. The second kappa shape index (κ2) is 8.31. The predicted molar refractivity (Wildman–Crippen MR) is 51.7 cm³/mol. The van der Waals surface area contributed by atoms with Gasteiger partial charge in [0.25, 0.3) is 0 Å². The zero-order valence-corrected chi connectivity index (χ0v) is 8.12. The van der Waals surface area contributed by atoms with Crippen molar-refractivity contribution in [1.29, 1.82) is 0 Å². The maximum absolute atomic E-state index is 10.1. The molecule has 0 bridgehead atoms. The van der Waals surface area contributed by atoms with Crippen molar-refractivity contribution >= 4 is 6.41 Å². The number of nitrogens with zero attached hydrogens (tertiary/aromatic N) is 1. The molecule has 2 nitrogen and oxygen atoms in total. The molecule has 0 heterocycles. The molecule has 70 valence electrons. The molecule has 0 unspecified atom stereocenters. The second-order valence-corrected chi connectivity index (χ2v) is 3.00. The van der Waals surface area contributed by atoms with Crippen molar-refractivity contribution in [1.82, 2.24) is 4.90 Å². The number of hydrogen-bond acceptors (Lipinski definition) is 1. The van der Waals surface area contributed by atoms with Crippen LogP contribution in [0.15, 0.2) is 12.3 Å². The van der Waals surface area contributed by atoms with Crippen LogP contribution < -0.4 is 0 Å². The SMILES string of the molecule is CCCCCC/C=C/N(C)C=O. The van der Waals surface area contributed by atoms with Crippen molar-refractivity contribution in [3.8, 4) is 0 Å². The minimum absolute atomic E-state index is 0.808. The van der Waals surface area contributed by atoms with Gasteiger partial charge in [-0.05, 0) is 12.8 Å². The Hall–Kier alpha value is -0.790. The van der Waals surface area contributed by atoms with Crippen LogP contribution in [0.3, 0.4) is 0 Å². The van der Waals surface area contributed by atoms with Crippen molar-refractivity contribution < 1.29 is 4.79 Å². The maximum Gasteiger partial charge on any atom is 0.213 e. The molecule has 0 radical (unpaired) electrons. The van der Waals surface area contributed by atoms with Gasteiger partial charge < -0.3 is 4.90 Å². The third-order valence-corrected chi connectivity index (χ3v) is 1.73. The third-order valence-electron chi connectivity index (χ3n) is 1.73. The molecule has 0 atom stereocenters. The highest BCUT2D eigenvalue weighted by molar-refractivity contribution is 5.48. The number of amides is 1. The topological polar surface area (TPSA) is 20.3 Å². The van der Waals surface area contributed by atoms with Crippen LogP contribution in [-0.2, 0) is 4.79 Å². The Labute approximate surface area is 75.3 Å². The van der Waals surface area contributed by atoms with Crippen molar-refractivity contribution in [2.75, 3.05) is 7.05 Å². The van der Waals surface area contributed by atoms with Crippen LogP contribution in [0, 0.1) is 0 Å². The van der Waals surface area contributed by atoms with Gasteiger partial charge in [-0.15, -0.1) is 0 Å². The fourth-order valence-corrected chi connectivity index (χ4v) is 0.965. The minimum Gasteiger partial charge on any atom is -0.325 e. The Kier molecular flexibility index (Phi) is 7.76. The number of rotatable bonds is 7. The molecular formula is C10H19NO. The van der Waals surface area contributed by atoms with E-state index in [4.69, 9.17) is 0 Å². The highest BCUT2D eigenvalue weighted by atomic mass is 16.1. The molecule has 0 rings (SSSR count). The van der Waals surface area contributed by atoms with Crippen LogP contribution in [0.1, 0.15) is 39.0 Å². The van der Waals surface area contributed by atoms with Gasteiger partial charge in [0.05, 0.1) is 0 Å². The number of unbranched alkanes of at least 4 members (excludes halogenated alkanes) is 4. The summed E-state index contributed by atoms with van der Waals surface area (Å²) in [6, 6.07) is 0. The first-order valence-electron chi connectivity index (χ1n) is 4.65. The number of hydrogen-bond donors (Lipinski definition) is 0. The molecule has 0 saturated carbocycles. The monoisotopic (exact) mass is 169 g/mol.